The topological polar surface area (TPSA) is 44.1 Å². The fraction of sp³-hybridized carbons (Fsp3) is 0.500. The van der Waals surface area contributed by atoms with Crippen molar-refractivity contribution in [2.75, 3.05) is 13.0 Å². The van der Waals surface area contributed by atoms with Gasteiger partial charge in [-0.05, 0) is 24.5 Å². The number of benzene rings is 1. The van der Waals surface area contributed by atoms with Gasteiger partial charge in [0.25, 0.3) is 0 Å². The molecule has 21 heavy (non-hydrogen) atoms. The number of alkyl halides is 1. The average molecular weight is 309 g/mol. The minimum atomic E-state index is -0.389. The van der Waals surface area contributed by atoms with E-state index in [-0.39, 0.29) is 17.9 Å². The molecular weight excluding hydrogens is 288 g/mol. The summed E-state index contributed by atoms with van der Waals surface area (Å²) in [6.07, 6.45) is 0.621. The monoisotopic (exact) mass is 308 g/mol. The number of carbonyl (C=O) groups is 1. The van der Waals surface area contributed by atoms with Gasteiger partial charge in [0.15, 0.2) is 0 Å². The number of hydrogen-bond donors (Lipinski definition) is 0. The number of aryl methyl sites for hydroxylation is 2. The highest BCUT2D eigenvalue weighted by molar-refractivity contribution is 6.17. The largest absolute Gasteiger partial charge is 0.467 e. The lowest BCUT2D eigenvalue weighted by molar-refractivity contribution is -0.145. The highest BCUT2D eigenvalue weighted by Gasteiger charge is 2.29. The molecule has 5 heteroatoms. The zero-order valence-electron chi connectivity index (χ0n) is 12.9. The minimum absolute atomic E-state index is 0.101. The molecule has 1 unspecified atom stereocenters. The Morgan fingerprint density at radius 1 is 1.43 bits per heavy atom. The van der Waals surface area contributed by atoms with Crippen LogP contribution in [-0.4, -0.2) is 28.5 Å². The molecule has 0 spiro atoms. The second-order valence-corrected chi connectivity index (χ2v) is 5.87. The SMILES string of the molecule is COC(=O)C(C(C)C)n1c(CCCl)nc2c(C)cccc21. The van der Waals surface area contributed by atoms with Crippen LogP contribution in [0.15, 0.2) is 18.2 Å². The summed E-state index contributed by atoms with van der Waals surface area (Å²) < 4.78 is 6.98. The molecule has 1 aromatic heterocycles. The number of methoxy groups -OCH3 is 1. The smallest absolute Gasteiger partial charge is 0.329 e. The van der Waals surface area contributed by atoms with E-state index in [1.807, 2.05) is 43.5 Å². The Labute approximate surface area is 130 Å². The van der Waals surface area contributed by atoms with Gasteiger partial charge in [-0.25, -0.2) is 9.78 Å². The Kier molecular flexibility index (Phi) is 4.88. The molecule has 1 heterocycles. The first-order valence-corrected chi connectivity index (χ1v) is 7.65. The van der Waals surface area contributed by atoms with Gasteiger partial charge in [0.2, 0.25) is 0 Å². The molecule has 0 saturated heterocycles. The van der Waals surface area contributed by atoms with E-state index in [1.54, 1.807) is 0 Å². The Morgan fingerprint density at radius 3 is 2.71 bits per heavy atom. The summed E-state index contributed by atoms with van der Waals surface area (Å²) in [5, 5.41) is 0. The lowest BCUT2D eigenvalue weighted by Crippen LogP contribution is -2.27. The number of imidazole rings is 1. The van der Waals surface area contributed by atoms with Crippen molar-refractivity contribution in [3.8, 4) is 0 Å². The maximum atomic E-state index is 12.2. The van der Waals surface area contributed by atoms with Crippen molar-refractivity contribution in [1.82, 2.24) is 9.55 Å². The van der Waals surface area contributed by atoms with Crippen LogP contribution in [0.5, 0.6) is 0 Å². The number of carbonyl (C=O) groups excluding carboxylic acids is 1. The van der Waals surface area contributed by atoms with Gasteiger partial charge in [-0.3, -0.25) is 0 Å². The fourth-order valence-electron chi connectivity index (χ4n) is 2.67. The van der Waals surface area contributed by atoms with E-state index in [0.29, 0.717) is 12.3 Å². The third-order valence-corrected chi connectivity index (χ3v) is 3.85. The van der Waals surface area contributed by atoms with Gasteiger partial charge in [0.1, 0.15) is 11.9 Å². The lowest BCUT2D eigenvalue weighted by atomic mass is 10.0. The quantitative estimate of drug-likeness (QED) is 0.627. The van der Waals surface area contributed by atoms with Crippen molar-refractivity contribution < 1.29 is 9.53 Å². The number of hydrogen-bond acceptors (Lipinski definition) is 3. The summed E-state index contributed by atoms with van der Waals surface area (Å²) in [4.78, 5) is 16.9. The van der Waals surface area contributed by atoms with Crippen LogP contribution in [0.3, 0.4) is 0 Å². The number of para-hydroxylation sites is 1. The highest BCUT2D eigenvalue weighted by Crippen LogP contribution is 2.29. The number of rotatable bonds is 5. The zero-order chi connectivity index (χ0) is 15.6. The summed E-state index contributed by atoms with van der Waals surface area (Å²) in [6, 6.07) is 5.60. The molecule has 2 rings (SSSR count). The minimum Gasteiger partial charge on any atom is -0.467 e. The highest BCUT2D eigenvalue weighted by atomic mass is 35.5. The van der Waals surface area contributed by atoms with Gasteiger partial charge in [-0.15, -0.1) is 11.6 Å². The molecule has 0 radical (unpaired) electrons. The maximum absolute atomic E-state index is 12.2. The molecule has 0 bridgehead atoms. The predicted molar refractivity (Wildman–Crippen MR) is 84.8 cm³/mol. The van der Waals surface area contributed by atoms with Crippen molar-refractivity contribution in [2.24, 2.45) is 5.92 Å². The average Bonchev–Trinajstić information content (AvgIpc) is 2.79. The van der Waals surface area contributed by atoms with Crippen LogP contribution < -0.4 is 0 Å². The van der Waals surface area contributed by atoms with E-state index in [2.05, 4.69) is 0 Å². The van der Waals surface area contributed by atoms with Crippen LogP contribution in [-0.2, 0) is 16.0 Å². The number of ether oxygens (including phenoxy) is 1. The van der Waals surface area contributed by atoms with Crippen molar-refractivity contribution in [1.29, 1.82) is 0 Å². The summed E-state index contributed by atoms with van der Waals surface area (Å²) in [5.41, 5.74) is 2.97. The zero-order valence-corrected chi connectivity index (χ0v) is 13.6. The molecule has 0 amide bonds. The lowest BCUT2D eigenvalue weighted by Gasteiger charge is -2.22. The van der Waals surface area contributed by atoms with Crippen molar-refractivity contribution in [3.05, 3.63) is 29.6 Å². The van der Waals surface area contributed by atoms with Gasteiger partial charge >= 0.3 is 5.97 Å². The normalized spacial score (nSPS) is 12.9. The van der Waals surface area contributed by atoms with Crippen LogP contribution in [0.25, 0.3) is 11.0 Å². The standard InChI is InChI=1S/C16H21ClN2O2/c1-10(2)15(16(20)21-4)19-12-7-5-6-11(3)14(12)18-13(19)8-9-17/h5-7,10,15H,8-9H2,1-4H3. The summed E-state index contributed by atoms with van der Waals surface area (Å²) in [6.45, 7) is 6.04. The Balaban J connectivity index is 2.71. The second-order valence-electron chi connectivity index (χ2n) is 5.49. The predicted octanol–water partition coefficient (Wildman–Crippen LogP) is 3.50. The van der Waals surface area contributed by atoms with Crippen LogP contribution >= 0.6 is 11.6 Å². The van der Waals surface area contributed by atoms with E-state index < -0.39 is 0 Å². The van der Waals surface area contributed by atoms with Gasteiger partial charge in [0.05, 0.1) is 18.1 Å². The van der Waals surface area contributed by atoms with Gasteiger partial charge in [-0.2, -0.15) is 0 Å². The van der Waals surface area contributed by atoms with E-state index >= 15 is 0 Å². The summed E-state index contributed by atoms with van der Waals surface area (Å²) in [5.74, 6) is 1.15. The first-order valence-electron chi connectivity index (χ1n) is 7.11. The molecular formula is C16H21ClN2O2. The van der Waals surface area contributed by atoms with Crippen molar-refractivity contribution >= 4 is 28.6 Å². The van der Waals surface area contributed by atoms with E-state index in [9.17, 15) is 4.79 Å². The third-order valence-electron chi connectivity index (χ3n) is 3.67. The molecule has 0 saturated carbocycles. The van der Waals surface area contributed by atoms with Crippen LogP contribution in [0.4, 0.5) is 0 Å². The molecule has 1 atom stereocenters. The van der Waals surface area contributed by atoms with Crippen LogP contribution in [0.1, 0.15) is 31.3 Å². The molecule has 1 aromatic carbocycles. The molecule has 0 aliphatic carbocycles. The number of aromatic nitrogens is 2. The second kappa shape index (κ2) is 6.48. The molecule has 0 aliphatic rings. The van der Waals surface area contributed by atoms with Gasteiger partial charge in [-0.1, -0.05) is 26.0 Å². The molecule has 4 nitrogen and oxygen atoms in total. The van der Waals surface area contributed by atoms with Crippen molar-refractivity contribution in [3.63, 3.8) is 0 Å². The van der Waals surface area contributed by atoms with Crippen molar-refractivity contribution in [2.45, 2.75) is 33.2 Å². The Bertz CT molecular complexity index is 649. The molecule has 0 aliphatic heterocycles. The number of esters is 1. The van der Waals surface area contributed by atoms with E-state index in [0.717, 1.165) is 22.4 Å². The third kappa shape index (κ3) is 2.91. The molecule has 0 fully saturated rings. The summed E-state index contributed by atoms with van der Waals surface area (Å²) >= 11 is 5.90. The van der Waals surface area contributed by atoms with Gasteiger partial charge in [0, 0.05) is 12.3 Å². The first-order chi connectivity index (χ1) is 10.0. The Hall–Kier alpha value is -1.55. The number of nitrogens with zero attached hydrogens (tertiary/aromatic N) is 2. The molecule has 114 valence electrons. The van der Waals surface area contributed by atoms with Gasteiger partial charge < -0.3 is 9.30 Å². The van der Waals surface area contributed by atoms with Crippen LogP contribution in [0.2, 0.25) is 0 Å². The van der Waals surface area contributed by atoms with E-state index in [1.165, 1.54) is 7.11 Å². The maximum Gasteiger partial charge on any atom is 0.329 e. The first kappa shape index (κ1) is 15.8. The fourth-order valence-corrected chi connectivity index (χ4v) is 2.84. The van der Waals surface area contributed by atoms with Crippen LogP contribution in [0, 0.1) is 12.8 Å². The number of fused-ring (bicyclic) bond motifs is 1. The number of halogens is 1. The Morgan fingerprint density at radius 2 is 2.14 bits per heavy atom. The molecule has 0 N–H and O–H groups in total. The molecule has 2 aromatic rings. The van der Waals surface area contributed by atoms with E-state index in [4.69, 9.17) is 21.3 Å². The summed E-state index contributed by atoms with van der Waals surface area (Å²) in [7, 11) is 1.42.